The Hall–Kier alpha value is -3.86. The van der Waals surface area contributed by atoms with Crippen molar-refractivity contribution in [2.24, 2.45) is 0 Å². The van der Waals surface area contributed by atoms with Crippen LogP contribution in [0.1, 0.15) is 52.0 Å². The van der Waals surface area contributed by atoms with Crippen LogP contribution in [0.3, 0.4) is 0 Å². The molecule has 0 bridgehead atoms. The molecule has 0 fully saturated rings. The van der Waals surface area contributed by atoms with Crippen LogP contribution in [0.15, 0.2) is 30.5 Å². The molecule has 0 aliphatic carbocycles. The zero-order chi connectivity index (χ0) is 23.2. The topological polar surface area (TPSA) is 103 Å². The van der Waals surface area contributed by atoms with Gasteiger partial charge in [0.1, 0.15) is 11.6 Å². The summed E-state index contributed by atoms with van der Waals surface area (Å²) in [4.78, 5) is 32.9. The standard InChI is InChI=1S/C21H18F2N6O3/c1-10(18-14(22)8-16-13(19(18)23)7-12(9-24-16)11(2)30)20-26-25-17-6-5-15(27-29(17)20)21(31)28(3)32-4/h5-10H,1-4H3. The molecular formula is C21H18F2N6O3. The van der Waals surface area contributed by atoms with Gasteiger partial charge in [0, 0.05) is 41.7 Å². The minimum absolute atomic E-state index is 0.0142. The van der Waals surface area contributed by atoms with Crippen molar-refractivity contribution in [3.05, 3.63) is 64.7 Å². The van der Waals surface area contributed by atoms with E-state index < -0.39 is 23.5 Å². The molecule has 0 aliphatic rings. The number of pyridine rings is 1. The van der Waals surface area contributed by atoms with Crippen molar-refractivity contribution in [2.75, 3.05) is 14.2 Å². The Balaban J connectivity index is 1.86. The Kier molecular flexibility index (Phi) is 5.35. The maximum Gasteiger partial charge on any atom is 0.297 e. The molecule has 164 valence electrons. The molecular weight excluding hydrogens is 422 g/mol. The number of nitrogens with zero attached hydrogens (tertiary/aromatic N) is 6. The largest absolute Gasteiger partial charge is 0.297 e. The van der Waals surface area contributed by atoms with Gasteiger partial charge in [-0.1, -0.05) is 6.92 Å². The lowest BCUT2D eigenvalue weighted by Gasteiger charge is -2.15. The molecule has 0 radical (unpaired) electrons. The fourth-order valence-electron chi connectivity index (χ4n) is 3.37. The second kappa shape index (κ2) is 8.00. The van der Waals surface area contributed by atoms with Gasteiger partial charge >= 0.3 is 0 Å². The number of carbonyl (C=O) groups excluding carboxylic acids is 2. The number of hydrogen-bond donors (Lipinski definition) is 0. The van der Waals surface area contributed by atoms with Gasteiger partial charge in [0.2, 0.25) is 0 Å². The second-order valence-electron chi connectivity index (χ2n) is 7.19. The Labute approximate surface area is 180 Å². The first-order valence-corrected chi connectivity index (χ1v) is 9.56. The highest BCUT2D eigenvalue weighted by molar-refractivity contribution is 5.97. The summed E-state index contributed by atoms with van der Waals surface area (Å²) < 4.78 is 31.6. The highest BCUT2D eigenvalue weighted by atomic mass is 19.1. The maximum atomic E-state index is 15.4. The Morgan fingerprint density at radius 2 is 1.94 bits per heavy atom. The molecule has 1 atom stereocenters. The summed E-state index contributed by atoms with van der Waals surface area (Å²) in [7, 11) is 2.76. The van der Waals surface area contributed by atoms with E-state index >= 15 is 4.39 Å². The van der Waals surface area contributed by atoms with Crippen LogP contribution in [0.4, 0.5) is 8.78 Å². The third-order valence-corrected chi connectivity index (χ3v) is 5.20. The van der Waals surface area contributed by atoms with Crippen LogP contribution in [0.25, 0.3) is 16.6 Å². The summed E-state index contributed by atoms with van der Waals surface area (Å²) >= 11 is 0. The smallest absolute Gasteiger partial charge is 0.294 e. The number of hydrogen-bond acceptors (Lipinski definition) is 7. The zero-order valence-electron chi connectivity index (χ0n) is 17.6. The van der Waals surface area contributed by atoms with Crippen LogP contribution < -0.4 is 0 Å². The third kappa shape index (κ3) is 3.46. The molecule has 3 heterocycles. The molecule has 1 unspecified atom stereocenters. The number of aromatic nitrogens is 5. The molecule has 4 aromatic rings. The maximum absolute atomic E-state index is 15.4. The van der Waals surface area contributed by atoms with Crippen molar-refractivity contribution in [1.82, 2.24) is 29.9 Å². The Bertz CT molecular complexity index is 1390. The lowest BCUT2D eigenvalue weighted by atomic mass is 9.96. The van der Waals surface area contributed by atoms with Gasteiger partial charge in [-0.3, -0.25) is 19.4 Å². The van der Waals surface area contributed by atoms with Crippen molar-refractivity contribution in [2.45, 2.75) is 19.8 Å². The van der Waals surface area contributed by atoms with Crippen LogP contribution in [-0.2, 0) is 4.84 Å². The molecule has 1 amide bonds. The quantitative estimate of drug-likeness (QED) is 0.347. The van der Waals surface area contributed by atoms with Crippen LogP contribution in [-0.4, -0.2) is 55.7 Å². The molecule has 0 spiro atoms. The zero-order valence-corrected chi connectivity index (χ0v) is 17.6. The van der Waals surface area contributed by atoms with E-state index in [-0.39, 0.29) is 39.3 Å². The summed E-state index contributed by atoms with van der Waals surface area (Å²) in [5.74, 6) is -3.29. The molecule has 32 heavy (non-hydrogen) atoms. The van der Waals surface area contributed by atoms with Gasteiger partial charge in [0.25, 0.3) is 5.91 Å². The third-order valence-electron chi connectivity index (χ3n) is 5.20. The number of benzene rings is 1. The van der Waals surface area contributed by atoms with Crippen LogP contribution >= 0.6 is 0 Å². The van der Waals surface area contributed by atoms with Crippen molar-refractivity contribution < 1.29 is 23.2 Å². The van der Waals surface area contributed by atoms with Crippen molar-refractivity contribution in [1.29, 1.82) is 0 Å². The summed E-state index contributed by atoms with van der Waals surface area (Å²) in [6, 6.07) is 5.41. The fraction of sp³-hybridized carbons (Fsp3) is 0.238. The average Bonchev–Trinajstić information content (AvgIpc) is 3.20. The molecule has 11 heteroatoms. The number of hydroxylamine groups is 2. The molecule has 3 aromatic heterocycles. The van der Waals surface area contributed by atoms with E-state index in [1.165, 1.54) is 50.0 Å². The minimum atomic E-state index is -0.923. The normalized spacial score (nSPS) is 12.3. The molecule has 0 saturated heterocycles. The minimum Gasteiger partial charge on any atom is -0.294 e. The lowest BCUT2D eigenvalue weighted by molar-refractivity contribution is -0.0761. The number of carbonyl (C=O) groups is 2. The SMILES string of the molecule is CON(C)C(=O)c1ccc2nnc(C(C)c3c(F)cc4ncc(C(C)=O)cc4c3F)n2n1. The first kappa shape index (κ1) is 21.4. The monoisotopic (exact) mass is 440 g/mol. The fourth-order valence-corrected chi connectivity index (χ4v) is 3.37. The van der Waals surface area contributed by atoms with E-state index in [0.717, 1.165) is 11.1 Å². The van der Waals surface area contributed by atoms with E-state index in [4.69, 9.17) is 4.84 Å². The summed E-state index contributed by atoms with van der Waals surface area (Å²) in [5, 5.41) is 13.3. The lowest BCUT2D eigenvalue weighted by Crippen LogP contribution is -2.27. The van der Waals surface area contributed by atoms with E-state index in [0.29, 0.717) is 5.65 Å². The Morgan fingerprint density at radius 1 is 1.19 bits per heavy atom. The van der Waals surface area contributed by atoms with Crippen LogP contribution in [0, 0.1) is 11.6 Å². The summed E-state index contributed by atoms with van der Waals surface area (Å²) in [6.07, 6.45) is 1.28. The second-order valence-corrected chi connectivity index (χ2v) is 7.19. The van der Waals surface area contributed by atoms with Gasteiger partial charge in [-0.05, 0) is 25.1 Å². The van der Waals surface area contributed by atoms with E-state index in [9.17, 15) is 14.0 Å². The average molecular weight is 440 g/mol. The van der Waals surface area contributed by atoms with Crippen molar-refractivity contribution in [3.63, 3.8) is 0 Å². The first-order chi connectivity index (χ1) is 15.2. The van der Waals surface area contributed by atoms with Gasteiger partial charge in [-0.2, -0.15) is 9.61 Å². The van der Waals surface area contributed by atoms with Crippen LogP contribution in [0.5, 0.6) is 0 Å². The molecule has 1 aromatic carbocycles. The van der Waals surface area contributed by atoms with Gasteiger partial charge in [0.05, 0.1) is 12.6 Å². The van der Waals surface area contributed by atoms with E-state index in [2.05, 4.69) is 20.3 Å². The van der Waals surface area contributed by atoms with Crippen LogP contribution in [0.2, 0.25) is 0 Å². The molecule has 0 saturated carbocycles. The number of ketones is 1. The number of Topliss-reactive ketones (excluding diaryl/α,β-unsaturated/α-hetero) is 1. The predicted molar refractivity (Wildman–Crippen MR) is 109 cm³/mol. The number of fused-ring (bicyclic) bond motifs is 2. The number of rotatable bonds is 5. The van der Waals surface area contributed by atoms with Crippen molar-refractivity contribution >= 4 is 28.2 Å². The van der Waals surface area contributed by atoms with Gasteiger partial charge in [-0.15, -0.1) is 10.2 Å². The first-order valence-electron chi connectivity index (χ1n) is 9.56. The highest BCUT2D eigenvalue weighted by Crippen LogP contribution is 2.32. The summed E-state index contributed by atoms with van der Waals surface area (Å²) in [6.45, 7) is 2.88. The van der Waals surface area contributed by atoms with E-state index in [1.807, 2.05) is 0 Å². The van der Waals surface area contributed by atoms with Gasteiger partial charge < -0.3 is 0 Å². The molecule has 0 aliphatic heterocycles. The molecule has 4 rings (SSSR count). The Morgan fingerprint density at radius 3 is 2.62 bits per heavy atom. The summed E-state index contributed by atoms with van der Waals surface area (Å²) in [5.41, 5.74) is 0.347. The molecule has 0 N–H and O–H groups in total. The molecule has 9 nitrogen and oxygen atoms in total. The van der Waals surface area contributed by atoms with E-state index in [1.54, 1.807) is 6.92 Å². The highest BCUT2D eigenvalue weighted by Gasteiger charge is 2.26. The predicted octanol–water partition coefficient (Wildman–Crippen LogP) is 2.94. The van der Waals surface area contributed by atoms with Gasteiger partial charge in [-0.25, -0.2) is 13.8 Å². The number of amides is 1. The van der Waals surface area contributed by atoms with Crippen molar-refractivity contribution in [3.8, 4) is 0 Å². The number of halogens is 2. The van der Waals surface area contributed by atoms with Gasteiger partial charge in [0.15, 0.2) is 22.9 Å².